The summed E-state index contributed by atoms with van der Waals surface area (Å²) in [6, 6.07) is 8.61. The summed E-state index contributed by atoms with van der Waals surface area (Å²) in [5, 5.41) is 6.91. The highest BCUT2D eigenvalue weighted by atomic mass is 19.2. The monoisotopic (exact) mass is 502 g/mol. The Kier molecular flexibility index (Phi) is 6.58. The van der Waals surface area contributed by atoms with Gasteiger partial charge in [0.2, 0.25) is 5.95 Å². The lowest BCUT2D eigenvalue weighted by molar-refractivity contribution is 0.415. The molecule has 11 nitrogen and oxygen atoms in total. The molecule has 14 heteroatoms. The van der Waals surface area contributed by atoms with Crippen LogP contribution in [0.25, 0.3) is 0 Å². The van der Waals surface area contributed by atoms with Crippen LogP contribution in [0.4, 0.5) is 24.8 Å². The van der Waals surface area contributed by atoms with Crippen molar-refractivity contribution in [3.63, 3.8) is 0 Å². The van der Waals surface area contributed by atoms with E-state index in [0.29, 0.717) is 28.1 Å². The molecule has 0 unspecified atom stereocenters. The third kappa shape index (κ3) is 4.96. The van der Waals surface area contributed by atoms with E-state index in [1.165, 1.54) is 7.11 Å². The Balaban J connectivity index is 1.84. The highest BCUT2D eigenvalue weighted by Crippen LogP contribution is 2.19. The van der Waals surface area contributed by atoms with Crippen molar-refractivity contribution in [3.05, 3.63) is 113 Å². The standard InChI is InChI=1S/C22H17F3N6O5/c1-36-14-4-2-13(3-5-14)26-20-27-21(34)31(10-12-8-17(32)28-29-19(12)33)22(35)30(20)9-11-6-15(23)18(25)16(24)7-11/h2-8H,9-10H2,1H3,(H,28,32)(H,29,33)(H,26,27,34). The highest BCUT2D eigenvalue weighted by molar-refractivity contribution is 5.54. The minimum atomic E-state index is -1.68. The second kappa shape index (κ2) is 9.77. The molecular weight excluding hydrogens is 485 g/mol. The smallest absolute Gasteiger partial charge is 0.355 e. The SMILES string of the molecule is COc1ccc(Nc2nc(=O)n(Cc3cc(=O)[nH][nH]c3=O)c(=O)n2Cc2cc(F)c(F)c(F)c2)cc1. The van der Waals surface area contributed by atoms with E-state index in [9.17, 15) is 32.3 Å². The van der Waals surface area contributed by atoms with Crippen molar-refractivity contribution in [2.75, 3.05) is 12.4 Å². The van der Waals surface area contributed by atoms with Crippen molar-refractivity contribution in [1.29, 1.82) is 0 Å². The number of hydrogen-bond donors (Lipinski definition) is 3. The molecule has 0 saturated carbocycles. The molecule has 0 saturated heterocycles. The zero-order valence-electron chi connectivity index (χ0n) is 18.5. The third-order valence-corrected chi connectivity index (χ3v) is 5.11. The Labute approximate surface area is 198 Å². The van der Waals surface area contributed by atoms with Crippen molar-refractivity contribution >= 4 is 11.6 Å². The van der Waals surface area contributed by atoms with E-state index < -0.39 is 53.0 Å². The number of nitrogens with zero attached hydrogens (tertiary/aromatic N) is 3. The molecule has 0 spiro atoms. The number of halogens is 3. The van der Waals surface area contributed by atoms with Crippen LogP contribution < -0.4 is 32.6 Å². The lowest BCUT2D eigenvalue weighted by Gasteiger charge is -2.16. The summed E-state index contributed by atoms with van der Waals surface area (Å²) in [6.07, 6.45) is 0. The van der Waals surface area contributed by atoms with Gasteiger partial charge in [-0.25, -0.2) is 27.3 Å². The third-order valence-electron chi connectivity index (χ3n) is 5.11. The van der Waals surface area contributed by atoms with Gasteiger partial charge in [-0.1, -0.05) is 0 Å². The Morgan fingerprint density at radius 1 is 0.917 bits per heavy atom. The second-order valence-electron chi connectivity index (χ2n) is 7.51. The molecule has 36 heavy (non-hydrogen) atoms. The van der Waals surface area contributed by atoms with E-state index in [4.69, 9.17) is 4.74 Å². The van der Waals surface area contributed by atoms with Gasteiger partial charge in [-0.15, -0.1) is 0 Å². The highest BCUT2D eigenvalue weighted by Gasteiger charge is 2.18. The van der Waals surface area contributed by atoms with Gasteiger partial charge in [0.1, 0.15) is 5.75 Å². The lowest BCUT2D eigenvalue weighted by Crippen LogP contribution is -2.44. The molecule has 0 aliphatic rings. The van der Waals surface area contributed by atoms with Crippen molar-refractivity contribution < 1.29 is 17.9 Å². The molecule has 0 amide bonds. The average Bonchev–Trinajstić information content (AvgIpc) is 2.85. The quantitative estimate of drug-likeness (QED) is 0.321. The maximum absolute atomic E-state index is 13.8. The first-order valence-electron chi connectivity index (χ1n) is 10.2. The van der Waals surface area contributed by atoms with Crippen LogP contribution in [-0.4, -0.2) is 31.4 Å². The first-order valence-corrected chi connectivity index (χ1v) is 10.2. The van der Waals surface area contributed by atoms with Gasteiger partial charge in [0.25, 0.3) is 11.1 Å². The average molecular weight is 502 g/mol. The Morgan fingerprint density at radius 3 is 2.22 bits per heavy atom. The second-order valence-corrected chi connectivity index (χ2v) is 7.51. The van der Waals surface area contributed by atoms with Gasteiger partial charge >= 0.3 is 11.4 Å². The van der Waals surface area contributed by atoms with E-state index >= 15 is 0 Å². The minimum absolute atomic E-state index is 0.146. The summed E-state index contributed by atoms with van der Waals surface area (Å²) in [4.78, 5) is 53.5. The van der Waals surface area contributed by atoms with Gasteiger partial charge in [-0.05, 0) is 42.0 Å². The normalized spacial score (nSPS) is 10.9. The van der Waals surface area contributed by atoms with E-state index in [-0.39, 0.29) is 17.1 Å². The molecule has 0 bridgehead atoms. The number of aromatic nitrogens is 5. The summed E-state index contributed by atoms with van der Waals surface area (Å²) in [7, 11) is 1.47. The zero-order valence-corrected chi connectivity index (χ0v) is 18.5. The van der Waals surface area contributed by atoms with Crippen molar-refractivity contribution in [2.45, 2.75) is 13.1 Å². The van der Waals surface area contributed by atoms with Crippen LogP contribution in [0.1, 0.15) is 11.1 Å². The fraction of sp³-hybridized carbons (Fsp3) is 0.136. The summed E-state index contributed by atoms with van der Waals surface area (Å²) in [6.45, 7) is -1.14. The predicted octanol–water partition coefficient (Wildman–Crippen LogP) is 1.05. The molecular formula is C22H17F3N6O5. The zero-order chi connectivity index (χ0) is 26.0. The van der Waals surface area contributed by atoms with Crippen LogP contribution in [0.15, 0.2) is 61.6 Å². The van der Waals surface area contributed by atoms with Crippen LogP contribution in [0, 0.1) is 17.5 Å². The summed E-state index contributed by atoms with van der Waals surface area (Å²) in [5.74, 6) is -4.39. The molecule has 4 aromatic rings. The number of aromatic amines is 2. The number of H-pyrrole nitrogens is 2. The number of benzene rings is 2. The van der Waals surface area contributed by atoms with Crippen molar-refractivity contribution in [3.8, 4) is 5.75 Å². The number of methoxy groups -OCH3 is 1. The molecule has 0 aliphatic carbocycles. The number of anilines is 2. The van der Waals surface area contributed by atoms with Crippen LogP contribution in [0.2, 0.25) is 0 Å². The lowest BCUT2D eigenvalue weighted by atomic mass is 10.2. The summed E-state index contributed by atoms with van der Waals surface area (Å²) < 4.78 is 47.6. The topological polar surface area (TPSA) is 144 Å². The van der Waals surface area contributed by atoms with Gasteiger partial charge in [0.05, 0.1) is 20.2 Å². The van der Waals surface area contributed by atoms with Crippen LogP contribution in [-0.2, 0) is 13.1 Å². The van der Waals surface area contributed by atoms with E-state index in [0.717, 1.165) is 10.6 Å². The largest absolute Gasteiger partial charge is 0.497 e. The molecule has 3 N–H and O–H groups in total. The van der Waals surface area contributed by atoms with E-state index in [1.54, 1.807) is 24.3 Å². The van der Waals surface area contributed by atoms with Crippen LogP contribution >= 0.6 is 0 Å². The number of nitrogens with one attached hydrogen (secondary N) is 3. The fourth-order valence-electron chi connectivity index (χ4n) is 3.33. The summed E-state index contributed by atoms with van der Waals surface area (Å²) >= 11 is 0. The minimum Gasteiger partial charge on any atom is -0.497 e. The van der Waals surface area contributed by atoms with Gasteiger partial charge in [-0.3, -0.25) is 24.4 Å². The molecule has 0 atom stereocenters. The molecule has 0 fully saturated rings. The first kappa shape index (κ1) is 24.3. The van der Waals surface area contributed by atoms with Crippen molar-refractivity contribution in [2.24, 2.45) is 0 Å². The fourth-order valence-corrected chi connectivity index (χ4v) is 3.33. The molecule has 186 valence electrons. The van der Waals surface area contributed by atoms with Gasteiger partial charge in [0, 0.05) is 17.3 Å². The predicted molar refractivity (Wildman–Crippen MR) is 121 cm³/mol. The first-order chi connectivity index (χ1) is 17.2. The Hall–Kier alpha value is -4.88. The number of hydrogen-bond acceptors (Lipinski definition) is 7. The number of rotatable bonds is 7. The van der Waals surface area contributed by atoms with Crippen molar-refractivity contribution in [1.82, 2.24) is 24.3 Å². The molecule has 0 aliphatic heterocycles. The summed E-state index contributed by atoms with van der Waals surface area (Å²) in [5.41, 5.74) is -3.49. The Morgan fingerprint density at radius 2 is 1.58 bits per heavy atom. The van der Waals surface area contributed by atoms with Gasteiger partial charge in [-0.2, -0.15) is 4.98 Å². The number of ether oxygens (including phenoxy) is 1. The molecule has 2 aromatic heterocycles. The van der Waals surface area contributed by atoms with Crippen LogP contribution in [0.5, 0.6) is 5.75 Å². The molecule has 4 rings (SSSR count). The van der Waals surface area contributed by atoms with E-state index in [2.05, 4.69) is 20.5 Å². The van der Waals surface area contributed by atoms with Gasteiger partial charge in [0.15, 0.2) is 17.5 Å². The van der Waals surface area contributed by atoms with Crippen LogP contribution in [0.3, 0.4) is 0 Å². The molecule has 2 heterocycles. The van der Waals surface area contributed by atoms with E-state index in [1.807, 2.05) is 0 Å². The molecule has 2 aromatic carbocycles. The van der Waals surface area contributed by atoms with Gasteiger partial charge < -0.3 is 10.1 Å². The maximum atomic E-state index is 13.8. The molecule has 0 radical (unpaired) electrons. The maximum Gasteiger partial charge on any atom is 0.355 e. The Bertz CT molecular complexity index is 1650.